The van der Waals surface area contributed by atoms with Crippen molar-refractivity contribution >= 4 is 44.4 Å². The molecule has 0 saturated carbocycles. The van der Waals surface area contributed by atoms with E-state index in [1.165, 1.54) is 29.5 Å². The number of fused-ring (bicyclic) bond motifs is 1. The van der Waals surface area contributed by atoms with Crippen LogP contribution in [0.2, 0.25) is 0 Å². The first-order valence-corrected chi connectivity index (χ1v) is 10.4. The van der Waals surface area contributed by atoms with Crippen LogP contribution in [-0.2, 0) is 11.3 Å². The molecule has 0 unspecified atom stereocenters. The Labute approximate surface area is 187 Å². The van der Waals surface area contributed by atoms with Crippen molar-refractivity contribution in [3.63, 3.8) is 0 Å². The summed E-state index contributed by atoms with van der Waals surface area (Å²) in [5, 5.41) is 11.4. The van der Waals surface area contributed by atoms with E-state index in [4.69, 9.17) is 4.74 Å². The minimum absolute atomic E-state index is 0.00316. The lowest BCUT2D eigenvalue weighted by molar-refractivity contribution is -0.384. The van der Waals surface area contributed by atoms with Gasteiger partial charge in [-0.05, 0) is 47.5 Å². The number of anilines is 1. The van der Waals surface area contributed by atoms with Gasteiger partial charge in [0.1, 0.15) is 5.75 Å². The molecule has 0 aliphatic carbocycles. The molecular formula is C23H18N4O4S. The van der Waals surface area contributed by atoms with Gasteiger partial charge in [0.05, 0.1) is 28.8 Å². The standard InChI is InChI=1S/C23H18N4O4S/c1-31-19-9-10-21-20(13-19)25-23(32-21)26(15-17-3-2-12-24-14-17)22(28)11-6-16-4-7-18(8-5-16)27(29)30/h2-14H,15H2,1H3/b11-6-. The van der Waals surface area contributed by atoms with Crippen molar-refractivity contribution in [1.29, 1.82) is 0 Å². The summed E-state index contributed by atoms with van der Waals surface area (Å²) in [6, 6.07) is 15.3. The van der Waals surface area contributed by atoms with Crippen molar-refractivity contribution in [2.75, 3.05) is 12.0 Å². The number of pyridine rings is 1. The number of rotatable bonds is 7. The molecule has 0 N–H and O–H groups in total. The highest BCUT2D eigenvalue weighted by Gasteiger charge is 2.19. The molecule has 8 nitrogen and oxygen atoms in total. The number of carbonyl (C=O) groups is 1. The van der Waals surface area contributed by atoms with E-state index in [1.54, 1.807) is 42.6 Å². The number of methoxy groups -OCH3 is 1. The summed E-state index contributed by atoms with van der Waals surface area (Å²) in [6.45, 7) is 0.300. The van der Waals surface area contributed by atoms with Gasteiger partial charge in [0.15, 0.2) is 5.13 Å². The first kappa shape index (κ1) is 21.1. The van der Waals surface area contributed by atoms with E-state index in [1.807, 2.05) is 30.3 Å². The molecule has 0 aliphatic heterocycles. The number of aromatic nitrogens is 2. The van der Waals surface area contributed by atoms with Gasteiger partial charge in [0.2, 0.25) is 0 Å². The summed E-state index contributed by atoms with van der Waals surface area (Å²) in [4.78, 5) is 33.9. The second-order valence-corrected chi connectivity index (χ2v) is 7.81. The topological polar surface area (TPSA) is 98.5 Å². The number of hydrogen-bond donors (Lipinski definition) is 0. The molecule has 0 atom stereocenters. The average Bonchev–Trinajstić information content (AvgIpc) is 3.24. The van der Waals surface area contributed by atoms with Crippen LogP contribution in [0.3, 0.4) is 0 Å². The van der Waals surface area contributed by atoms with Gasteiger partial charge in [0, 0.05) is 36.7 Å². The zero-order valence-corrected chi connectivity index (χ0v) is 17.9. The van der Waals surface area contributed by atoms with Crippen molar-refractivity contribution in [3.8, 4) is 5.75 Å². The highest BCUT2D eigenvalue weighted by atomic mass is 32.1. The number of nitro groups is 1. The zero-order chi connectivity index (χ0) is 22.5. The number of thiazole rings is 1. The van der Waals surface area contributed by atoms with Gasteiger partial charge in [-0.1, -0.05) is 17.4 Å². The van der Waals surface area contributed by atoms with Crippen LogP contribution >= 0.6 is 11.3 Å². The molecule has 2 aromatic carbocycles. The largest absolute Gasteiger partial charge is 0.497 e. The second-order valence-electron chi connectivity index (χ2n) is 6.80. The SMILES string of the molecule is COc1ccc2sc(N(Cc3cccnc3)C(=O)/C=C\c3ccc([N+](=O)[O-])cc3)nc2c1. The second kappa shape index (κ2) is 9.36. The fraction of sp³-hybridized carbons (Fsp3) is 0.0870. The van der Waals surface area contributed by atoms with Crippen LogP contribution in [-0.4, -0.2) is 27.9 Å². The lowest BCUT2D eigenvalue weighted by Crippen LogP contribution is -2.28. The molecule has 4 aromatic rings. The van der Waals surface area contributed by atoms with Gasteiger partial charge in [0.25, 0.3) is 11.6 Å². The van der Waals surface area contributed by atoms with Crippen molar-refractivity contribution < 1.29 is 14.5 Å². The van der Waals surface area contributed by atoms with Crippen molar-refractivity contribution in [1.82, 2.24) is 9.97 Å². The summed E-state index contributed by atoms with van der Waals surface area (Å²) in [5.41, 5.74) is 2.28. The number of hydrogen-bond acceptors (Lipinski definition) is 7. The zero-order valence-electron chi connectivity index (χ0n) is 17.0. The maximum atomic E-state index is 13.1. The predicted octanol–water partition coefficient (Wildman–Crippen LogP) is 4.85. The molecule has 2 aromatic heterocycles. The number of nitrogens with zero attached hydrogens (tertiary/aromatic N) is 4. The van der Waals surface area contributed by atoms with E-state index in [-0.39, 0.29) is 11.6 Å². The molecule has 0 fully saturated rings. The lowest BCUT2D eigenvalue weighted by Gasteiger charge is -2.18. The van der Waals surface area contributed by atoms with E-state index in [2.05, 4.69) is 9.97 Å². The molecule has 2 heterocycles. The van der Waals surface area contributed by atoms with E-state index in [9.17, 15) is 14.9 Å². The summed E-state index contributed by atoms with van der Waals surface area (Å²) in [6.07, 6.45) is 6.44. The predicted molar refractivity (Wildman–Crippen MR) is 124 cm³/mol. The molecule has 0 spiro atoms. The Morgan fingerprint density at radius 2 is 2.03 bits per heavy atom. The van der Waals surface area contributed by atoms with Gasteiger partial charge >= 0.3 is 0 Å². The number of benzene rings is 2. The Hall–Kier alpha value is -4.11. The van der Waals surface area contributed by atoms with Crippen LogP contribution in [0.15, 0.2) is 73.1 Å². The normalized spacial score (nSPS) is 11.0. The summed E-state index contributed by atoms with van der Waals surface area (Å²) >= 11 is 1.41. The van der Waals surface area contributed by atoms with Crippen LogP contribution in [0.25, 0.3) is 16.3 Å². The Balaban J connectivity index is 1.64. The van der Waals surface area contributed by atoms with Gasteiger partial charge in [-0.25, -0.2) is 4.98 Å². The third-order valence-corrected chi connectivity index (χ3v) is 5.73. The van der Waals surface area contributed by atoms with Crippen molar-refractivity contribution in [3.05, 3.63) is 94.3 Å². The highest BCUT2D eigenvalue weighted by molar-refractivity contribution is 7.22. The van der Waals surface area contributed by atoms with Crippen LogP contribution in [0, 0.1) is 10.1 Å². The fourth-order valence-corrected chi connectivity index (χ4v) is 3.97. The third-order valence-electron chi connectivity index (χ3n) is 4.67. The van der Waals surface area contributed by atoms with E-state index in [0.717, 1.165) is 15.8 Å². The minimum atomic E-state index is -0.462. The molecule has 9 heteroatoms. The minimum Gasteiger partial charge on any atom is -0.497 e. The summed E-state index contributed by atoms with van der Waals surface area (Å²) < 4.78 is 6.20. The average molecular weight is 446 g/mol. The maximum Gasteiger partial charge on any atom is 0.269 e. The maximum absolute atomic E-state index is 13.1. The number of non-ortho nitro benzene ring substituents is 1. The Morgan fingerprint density at radius 1 is 1.22 bits per heavy atom. The van der Waals surface area contributed by atoms with Gasteiger partial charge in [-0.15, -0.1) is 0 Å². The molecule has 1 amide bonds. The van der Waals surface area contributed by atoms with E-state index in [0.29, 0.717) is 23.0 Å². The Morgan fingerprint density at radius 3 is 2.72 bits per heavy atom. The quantitative estimate of drug-likeness (QED) is 0.229. The van der Waals surface area contributed by atoms with Crippen LogP contribution < -0.4 is 9.64 Å². The molecule has 0 aliphatic rings. The van der Waals surface area contributed by atoms with Gasteiger partial charge in [-0.2, -0.15) is 0 Å². The number of ether oxygens (including phenoxy) is 1. The first-order valence-electron chi connectivity index (χ1n) is 9.61. The van der Waals surface area contributed by atoms with E-state index >= 15 is 0 Å². The molecule has 0 saturated heterocycles. The number of nitro benzene ring substituents is 1. The van der Waals surface area contributed by atoms with E-state index < -0.39 is 4.92 Å². The smallest absolute Gasteiger partial charge is 0.269 e. The summed E-state index contributed by atoms with van der Waals surface area (Å²) in [7, 11) is 1.59. The molecule has 32 heavy (non-hydrogen) atoms. The first-order chi connectivity index (χ1) is 15.5. The summed E-state index contributed by atoms with van der Waals surface area (Å²) in [5.74, 6) is 0.427. The van der Waals surface area contributed by atoms with Crippen molar-refractivity contribution in [2.24, 2.45) is 0 Å². The van der Waals surface area contributed by atoms with Gasteiger partial charge in [-0.3, -0.25) is 24.8 Å². The van der Waals surface area contributed by atoms with Crippen molar-refractivity contribution in [2.45, 2.75) is 6.54 Å². The molecule has 4 rings (SSSR count). The van der Waals surface area contributed by atoms with Crippen LogP contribution in [0.1, 0.15) is 11.1 Å². The fourth-order valence-electron chi connectivity index (χ4n) is 3.02. The Kier molecular flexibility index (Phi) is 6.18. The Bertz CT molecular complexity index is 1290. The van der Waals surface area contributed by atoms with Crippen LogP contribution in [0.4, 0.5) is 10.8 Å². The molecule has 160 valence electrons. The lowest BCUT2D eigenvalue weighted by atomic mass is 10.2. The number of carbonyl (C=O) groups excluding carboxylic acids is 1. The highest BCUT2D eigenvalue weighted by Crippen LogP contribution is 2.32. The molecule has 0 radical (unpaired) electrons. The third kappa shape index (κ3) is 4.79. The number of amides is 1. The molecular weight excluding hydrogens is 428 g/mol. The van der Waals surface area contributed by atoms with Gasteiger partial charge < -0.3 is 4.74 Å². The molecule has 0 bridgehead atoms. The van der Waals surface area contributed by atoms with Crippen LogP contribution in [0.5, 0.6) is 5.75 Å². The monoisotopic (exact) mass is 446 g/mol.